The number of aliphatic hydroxyl groups is 1. The quantitative estimate of drug-likeness (QED) is 0.510. The zero-order chi connectivity index (χ0) is 24.1. The molecule has 10 heteroatoms. The zero-order valence-electron chi connectivity index (χ0n) is 17.7. The molecular formula is C23H20BrF3N2O4. The summed E-state index contributed by atoms with van der Waals surface area (Å²) in [5.41, 5.74) is -2.44. The Morgan fingerprint density at radius 3 is 2.64 bits per heavy atom. The second-order valence-electron chi connectivity index (χ2n) is 8.31. The number of hydrogen-bond donors (Lipinski definition) is 2. The van der Waals surface area contributed by atoms with Gasteiger partial charge < -0.3 is 14.9 Å². The van der Waals surface area contributed by atoms with Crippen LogP contribution in [-0.4, -0.2) is 27.9 Å². The zero-order valence-corrected chi connectivity index (χ0v) is 19.3. The van der Waals surface area contributed by atoms with E-state index in [0.29, 0.717) is 23.1 Å². The van der Waals surface area contributed by atoms with E-state index in [-0.39, 0.29) is 17.5 Å². The van der Waals surface area contributed by atoms with Gasteiger partial charge in [-0.15, -0.1) is 0 Å². The highest BCUT2D eigenvalue weighted by Gasteiger charge is 2.65. The van der Waals surface area contributed by atoms with Crippen LogP contribution in [0.3, 0.4) is 0 Å². The summed E-state index contributed by atoms with van der Waals surface area (Å²) in [7, 11) is 0. The fourth-order valence-corrected chi connectivity index (χ4v) is 5.03. The predicted molar refractivity (Wildman–Crippen MR) is 119 cm³/mol. The van der Waals surface area contributed by atoms with Crippen LogP contribution in [0.15, 0.2) is 50.2 Å². The summed E-state index contributed by atoms with van der Waals surface area (Å²) in [6.45, 7) is 3.15. The third-order valence-electron chi connectivity index (χ3n) is 6.39. The van der Waals surface area contributed by atoms with Crippen LogP contribution in [0.4, 0.5) is 18.9 Å². The number of carbonyl (C=O) groups is 1. The Morgan fingerprint density at radius 1 is 1.21 bits per heavy atom. The van der Waals surface area contributed by atoms with Crippen molar-refractivity contribution in [3.8, 4) is 0 Å². The van der Waals surface area contributed by atoms with E-state index >= 15 is 0 Å². The second kappa shape index (κ2) is 8.25. The van der Waals surface area contributed by atoms with Crippen molar-refractivity contribution in [2.24, 2.45) is 5.92 Å². The average Bonchev–Trinajstić information content (AvgIpc) is 2.75. The van der Waals surface area contributed by atoms with Crippen molar-refractivity contribution >= 4 is 38.3 Å². The van der Waals surface area contributed by atoms with E-state index in [4.69, 9.17) is 0 Å². The number of rotatable bonds is 3. The van der Waals surface area contributed by atoms with Crippen LogP contribution in [0, 0.1) is 12.8 Å². The molecular weight excluding hydrogens is 505 g/mol. The smallest absolute Gasteiger partial charge is 0.372 e. The molecule has 2 aromatic carbocycles. The number of hydrogen-bond acceptors (Lipinski definition) is 5. The number of carbonyl (C=O) groups excluding carboxylic acids is 1. The highest BCUT2D eigenvalue weighted by molar-refractivity contribution is 9.10. The first kappa shape index (κ1) is 23.4. The van der Waals surface area contributed by atoms with Gasteiger partial charge in [-0.25, -0.2) is 4.79 Å². The molecule has 6 nitrogen and oxygen atoms in total. The van der Waals surface area contributed by atoms with E-state index < -0.39 is 35.1 Å². The lowest BCUT2D eigenvalue weighted by Gasteiger charge is -2.42. The lowest BCUT2D eigenvalue weighted by Crippen LogP contribution is -2.61. The summed E-state index contributed by atoms with van der Waals surface area (Å²) in [6, 6.07) is 9.24. The second-order valence-corrected chi connectivity index (χ2v) is 9.23. The molecule has 2 unspecified atom stereocenters. The van der Waals surface area contributed by atoms with Crippen LogP contribution >= 0.6 is 15.9 Å². The monoisotopic (exact) mass is 524 g/mol. The molecule has 3 atom stereocenters. The van der Waals surface area contributed by atoms with Gasteiger partial charge in [-0.2, -0.15) is 13.2 Å². The van der Waals surface area contributed by atoms with Gasteiger partial charge in [0.2, 0.25) is 5.60 Å². The third kappa shape index (κ3) is 3.95. The van der Waals surface area contributed by atoms with E-state index in [1.54, 1.807) is 26.0 Å². The van der Waals surface area contributed by atoms with Crippen LogP contribution in [0.2, 0.25) is 0 Å². The Balaban J connectivity index is 1.71. The molecule has 1 amide bonds. The molecule has 0 saturated carbocycles. The van der Waals surface area contributed by atoms with E-state index in [1.807, 2.05) is 6.07 Å². The number of halogens is 4. The van der Waals surface area contributed by atoms with Gasteiger partial charge in [-0.05, 0) is 67.1 Å². The van der Waals surface area contributed by atoms with Gasteiger partial charge in [-0.3, -0.25) is 4.79 Å². The number of fused-ring (bicyclic) bond motifs is 2. The molecule has 2 N–H and O–H groups in total. The maximum Gasteiger partial charge on any atom is 0.426 e. The van der Waals surface area contributed by atoms with Crippen molar-refractivity contribution in [1.29, 1.82) is 0 Å². The van der Waals surface area contributed by atoms with Crippen molar-refractivity contribution in [3.05, 3.63) is 68.1 Å². The minimum atomic E-state index is -5.21. The molecule has 1 aromatic heterocycles. The molecule has 1 heterocycles. The van der Waals surface area contributed by atoms with Gasteiger partial charge in [0, 0.05) is 21.5 Å². The van der Waals surface area contributed by atoms with Crippen molar-refractivity contribution in [2.75, 3.05) is 5.32 Å². The lowest BCUT2D eigenvalue weighted by molar-refractivity contribution is -0.269. The molecule has 0 saturated heterocycles. The number of benzene rings is 2. The largest absolute Gasteiger partial charge is 0.426 e. The van der Waals surface area contributed by atoms with Gasteiger partial charge in [0.15, 0.2) is 0 Å². The summed E-state index contributed by atoms with van der Waals surface area (Å²) in [5, 5.41) is 17.2. The van der Waals surface area contributed by atoms with Crippen molar-refractivity contribution in [1.82, 2.24) is 5.16 Å². The lowest BCUT2D eigenvalue weighted by atomic mass is 9.67. The van der Waals surface area contributed by atoms with Crippen LogP contribution in [-0.2, 0) is 11.2 Å². The molecule has 0 radical (unpaired) electrons. The normalized spacial score (nSPS) is 20.2. The molecule has 0 aliphatic heterocycles. The first-order chi connectivity index (χ1) is 15.4. The maximum absolute atomic E-state index is 14.2. The molecule has 1 aliphatic carbocycles. The Labute approximate surface area is 194 Å². The number of alkyl halides is 3. The highest BCUT2D eigenvalue weighted by Crippen LogP contribution is 2.48. The number of aryl methyl sites for hydroxylation is 2. The summed E-state index contributed by atoms with van der Waals surface area (Å²) < 4.78 is 48.2. The molecule has 0 spiro atoms. The average molecular weight is 525 g/mol. The number of anilines is 1. The third-order valence-corrected chi connectivity index (χ3v) is 6.88. The van der Waals surface area contributed by atoms with Gasteiger partial charge in [0.05, 0.1) is 11.1 Å². The van der Waals surface area contributed by atoms with E-state index in [0.717, 1.165) is 10.0 Å². The van der Waals surface area contributed by atoms with Gasteiger partial charge >= 0.3 is 11.8 Å². The number of nitrogens with zero attached hydrogens (tertiary/aromatic N) is 1. The van der Waals surface area contributed by atoms with Gasteiger partial charge in [-0.1, -0.05) is 34.1 Å². The van der Waals surface area contributed by atoms with Crippen LogP contribution in [0.1, 0.15) is 36.1 Å². The van der Waals surface area contributed by atoms with Crippen LogP contribution in [0.25, 0.3) is 10.8 Å². The molecule has 3 aromatic rings. The van der Waals surface area contributed by atoms with E-state index in [1.165, 1.54) is 18.2 Å². The van der Waals surface area contributed by atoms with Crippen LogP contribution < -0.4 is 10.9 Å². The predicted octanol–water partition coefficient (Wildman–Crippen LogP) is 4.86. The molecule has 1 aliphatic rings. The van der Waals surface area contributed by atoms with E-state index in [9.17, 15) is 27.9 Å². The van der Waals surface area contributed by atoms with Crippen molar-refractivity contribution < 1.29 is 27.6 Å². The molecule has 33 heavy (non-hydrogen) atoms. The topological polar surface area (TPSA) is 92.4 Å². The Morgan fingerprint density at radius 2 is 1.94 bits per heavy atom. The summed E-state index contributed by atoms with van der Waals surface area (Å²) in [5.74, 6) is -3.67. The highest BCUT2D eigenvalue weighted by atomic mass is 79.9. The first-order valence-electron chi connectivity index (χ1n) is 10.2. The minimum absolute atomic E-state index is 0.00142. The standard InChI is InChI=1S/C23H20BrF3N2O4/c1-11-16-6-4-14(24)9-13(16)3-8-19(11)22(32,23(25,26)27)21(31)28-15-5-7-17-18(10-15)12(2)29-33-20(17)30/h4-7,9-11,19,32H,3,8H2,1-2H3,(H,28,31)/t11?,19?,22-/m1/s1. The first-order valence-corrected chi connectivity index (χ1v) is 11.0. The van der Waals surface area contributed by atoms with E-state index in [2.05, 4.69) is 30.9 Å². The SMILES string of the molecule is Cc1noc(=O)c2ccc(NC(=O)[C@](O)(C3CCc4cc(Br)ccc4C3C)C(F)(F)F)cc12. The van der Waals surface area contributed by atoms with Gasteiger partial charge in [0.25, 0.3) is 5.91 Å². The Bertz CT molecular complexity index is 1310. The Kier molecular flexibility index (Phi) is 5.86. The van der Waals surface area contributed by atoms with Crippen molar-refractivity contribution in [3.63, 3.8) is 0 Å². The van der Waals surface area contributed by atoms with Gasteiger partial charge in [0.1, 0.15) is 0 Å². The van der Waals surface area contributed by atoms with Crippen LogP contribution in [0.5, 0.6) is 0 Å². The summed E-state index contributed by atoms with van der Waals surface area (Å²) >= 11 is 3.36. The molecule has 174 valence electrons. The maximum atomic E-state index is 14.2. The van der Waals surface area contributed by atoms with Crippen molar-refractivity contribution in [2.45, 2.75) is 44.4 Å². The fraction of sp³-hybridized carbons (Fsp3) is 0.348. The number of amides is 1. The number of nitrogens with one attached hydrogen (secondary N) is 1. The fourth-order valence-electron chi connectivity index (χ4n) is 4.62. The minimum Gasteiger partial charge on any atom is -0.372 e. The summed E-state index contributed by atoms with van der Waals surface area (Å²) in [6.07, 6.45) is -4.93. The molecule has 0 fully saturated rings. The molecule has 4 rings (SSSR count). The Hall–Kier alpha value is -2.72. The number of aromatic nitrogens is 1. The summed E-state index contributed by atoms with van der Waals surface area (Å²) in [4.78, 5) is 24.8. The molecule has 0 bridgehead atoms.